The van der Waals surface area contributed by atoms with Crippen LogP contribution in [-0.4, -0.2) is 33.5 Å². The van der Waals surface area contributed by atoms with E-state index < -0.39 is 0 Å². The SMILES string of the molecule is CCc1nnc(NCc2cncn2CCOC)o1. The Morgan fingerprint density at radius 1 is 1.44 bits per heavy atom. The molecule has 18 heavy (non-hydrogen) atoms. The third kappa shape index (κ3) is 3.07. The van der Waals surface area contributed by atoms with E-state index in [1.165, 1.54) is 0 Å². The van der Waals surface area contributed by atoms with Crippen LogP contribution in [0.5, 0.6) is 0 Å². The molecule has 7 nitrogen and oxygen atoms in total. The normalized spacial score (nSPS) is 10.8. The fraction of sp³-hybridized carbons (Fsp3) is 0.545. The molecular formula is C11H17N5O2. The van der Waals surface area contributed by atoms with E-state index in [1.807, 2.05) is 11.5 Å². The van der Waals surface area contributed by atoms with Crippen molar-refractivity contribution in [1.29, 1.82) is 0 Å². The van der Waals surface area contributed by atoms with Gasteiger partial charge < -0.3 is 19.0 Å². The summed E-state index contributed by atoms with van der Waals surface area (Å²) in [6.45, 7) is 3.99. The maximum absolute atomic E-state index is 5.36. The second-order valence-electron chi connectivity index (χ2n) is 3.78. The molecule has 0 aliphatic rings. The number of hydrogen-bond donors (Lipinski definition) is 1. The summed E-state index contributed by atoms with van der Waals surface area (Å²) in [5, 5.41) is 10.9. The second-order valence-corrected chi connectivity index (χ2v) is 3.78. The van der Waals surface area contributed by atoms with Crippen LogP contribution in [0.25, 0.3) is 0 Å². The highest BCUT2D eigenvalue weighted by Crippen LogP contribution is 2.08. The smallest absolute Gasteiger partial charge is 0.315 e. The van der Waals surface area contributed by atoms with Gasteiger partial charge in [-0.25, -0.2) is 4.98 Å². The van der Waals surface area contributed by atoms with Gasteiger partial charge in [-0.05, 0) is 0 Å². The molecule has 2 heterocycles. The minimum atomic E-state index is 0.436. The van der Waals surface area contributed by atoms with Gasteiger partial charge in [0.2, 0.25) is 5.89 Å². The summed E-state index contributed by atoms with van der Waals surface area (Å²) in [4.78, 5) is 4.11. The van der Waals surface area contributed by atoms with Crippen LogP contribution in [-0.2, 0) is 24.2 Å². The van der Waals surface area contributed by atoms with Crippen LogP contribution in [0.2, 0.25) is 0 Å². The number of aryl methyl sites for hydroxylation is 1. The largest absolute Gasteiger partial charge is 0.408 e. The Kier molecular flexibility index (Phi) is 4.30. The number of rotatable bonds is 7. The molecule has 0 saturated carbocycles. The summed E-state index contributed by atoms with van der Waals surface area (Å²) in [5.74, 6) is 0.630. The molecule has 0 fully saturated rings. The molecule has 2 rings (SSSR count). The van der Waals surface area contributed by atoms with E-state index in [4.69, 9.17) is 9.15 Å². The van der Waals surface area contributed by atoms with Gasteiger partial charge in [-0.15, -0.1) is 5.10 Å². The van der Waals surface area contributed by atoms with E-state index in [2.05, 4.69) is 20.5 Å². The van der Waals surface area contributed by atoms with E-state index >= 15 is 0 Å². The second kappa shape index (κ2) is 6.15. The fourth-order valence-electron chi connectivity index (χ4n) is 1.52. The lowest BCUT2D eigenvalue weighted by atomic mass is 10.4. The van der Waals surface area contributed by atoms with Crippen LogP contribution in [0.1, 0.15) is 18.5 Å². The summed E-state index contributed by atoms with van der Waals surface area (Å²) in [5.41, 5.74) is 1.04. The van der Waals surface area contributed by atoms with Gasteiger partial charge >= 0.3 is 6.01 Å². The Balaban J connectivity index is 1.91. The van der Waals surface area contributed by atoms with Crippen molar-refractivity contribution < 1.29 is 9.15 Å². The predicted molar refractivity (Wildman–Crippen MR) is 65.1 cm³/mol. The molecule has 7 heteroatoms. The lowest BCUT2D eigenvalue weighted by molar-refractivity contribution is 0.186. The van der Waals surface area contributed by atoms with Crippen molar-refractivity contribution in [2.24, 2.45) is 0 Å². The number of anilines is 1. The van der Waals surface area contributed by atoms with Gasteiger partial charge in [0, 0.05) is 26.3 Å². The van der Waals surface area contributed by atoms with Crippen molar-refractivity contribution in [2.75, 3.05) is 19.0 Å². The molecule has 0 atom stereocenters. The van der Waals surface area contributed by atoms with Crippen LogP contribution < -0.4 is 5.32 Å². The third-order valence-corrected chi connectivity index (χ3v) is 2.52. The molecule has 0 aliphatic heterocycles. The van der Waals surface area contributed by atoms with E-state index in [1.54, 1.807) is 19.6 Å². The number of nitrogens with zero attached hydrogens (tertiary/aromatic N) is 4. The summed E-state index contributed by atoms with van der Waals surface area (Å²) in [6, 6.07) is 0.436. The third-order valence-electron chi connectivity index (χ3n) is 2.52. The first-order valence-corrected chi connectivity index (χ1v) is 5.87. The Morgan fingerprint density at radius 3 is 3.06 bits per heavy atom. The van der Waals surface area contributed by atoms with E-state index in [0.717, 1.165) is 18.7 Å². The maximum atomic E-state index is 5.36. The first-order chi connectivity index (χ1) is 8.83. The summed E-state index contributed by atoms with van der Waals surface area (Å²) < 4.78 is 12.4. The molecule has 0 saturated heterocycles. The van der Waals surface area contributed by atoms with Crippen molar-refractivity contribution in [3.63, 3.8) is 0 Å². The van der Waals surface area contributed by atoms with Gasteiger partial charge in [0.1, 0.15) is 0 Å². The van der Waals surface area contributed by atoms with Crippen molar-refractivity contribution in [1.82, 2.24) is 19.7 Å². The zero-order valence-corrected chi connectivity index (χ0v) is 10.6. The number of hydrogen-bond acceptors (Lipinski definition) is 6. The molecule has 0 unspecified atom stereocenters. The molecule has 0 spiro atoms. The molecule has 2 aromatic rings. The van der Waals surface area contributed by atoms with Crippen LogP contribution in [0.15, 0.2) is 16.9 Å². The van der Waals surface area contributed by atoms with E-state index in [9.17, 15) is 0 Å². The van der Waals surface area contributed by atoms with Gasteiger partial charge in [-0.1, -0.05) is 12.0 Å². The number of nitrogens with one attached hydrogen (secondary N) is 1. The molecule has 0 radical (unpaired) electrons. The van der Waals surface area contributed by atoms with Gasteiger partial charge in [0.25, 0.3) is 0 Å². The highest BCUT2D eigenvalue weighted by molar-refractivity contribution is 5.19. The molecule has 2 aromatic heterocycles. The number of ether oxygens (including phenoxy) is 1. The molecule has 0 amide bonds. The summed E-state index contributed by atoms with van der Waals surface area (Å²) >= 11 is 0. The highest BCUT2D eigenvalue weighted by Gasteiger charge is 2.06. The summed E-state index contributed by atoms with van der Waals surface area (Å²) in [7, 11) is 1.68. The number of methoxy groups -OCH3 is 1. The fourth-order valence-corrected chi connectivity index (χ4v) is 1.52. The zero-order valence-electron chi connectivity index (χ0n) is 10.6. The summed E-state index contributed by atoms with van der Waals surface area (Å²) in [6.07, 6.45) is 4.32. The van der Waals surface area contributed by atoms with Crippen molar-refractivity contribution in [2.45, 2.75) is 26.4 Å². The molecule has 0 aromatic carbocycles. The van der Waals surface area contributed by atoms with Gasteiger partial charge in [-0.2, -0.15) is 0 Å². The molecule has 1 N–H and O–H groups in total. The lowest BCUT2D eigenvalue weighted by Gasteiger charge is -2.07. The molecular weight excluding hydrogens is 234 g/mol. The lowest BCUT2D eigenvalue weighted by Crippen LogP contribution is -2.10. The average molecular weight is 251 g/mol. The minimum Gasteiger partial charge on any atom is -0.408 e. The van der Waals surface area contributed by atoms with Crippen LogP contribution >= 0.6 is 0 Å². The van der Waals surface area contributed by atoms with E-state index in [0.29, 0.717) is 25.1 Å². The predicted octanol–water partition coefficient (Wildman–Crippen LogP) is 1.09. The number of imidazole rings is 1. The molecule has 0 aliphatic carbocycles. The Morgan fingerprint density at radius 2 is 2.33 bits per heavy atom. The zero-order chi connectivity index (χ0) is 12.8. The minimum absolute atomic E-state index is 0.436. The van der Waals surface area contributed by atoms with Gasteiger partial charge in [-0.3, -0.25) is 0 Å². The van der Waals surface area contributed by atoms with E-state index in [-0.39, 0.29) is 0 Å². The standard InChI is InChI=1S/C11H17N5O2/c1-3-10-14-15-11(18-10)13-7-9-6-12-8-16(9)4-5-17-2/h6,8H,3-5,7H2,1-2H3,(H,13,15). The van der Waals surface area contributed by atoms with Gasteiger partial charge in [0.05, 0.1) is 25.2 Å². The maximum Gasteiger partial charge on any atom is 0.315 e. The van der Waals surface area contributed by atoms with Crippen LogP contribution in [0.3, 0.4) is 0 Å². The van der Waals surface area contributed by atoms with Crippen molar-refractivity contribution in [3.05, 3.63) is 24.1 Å². The average Bonchev–Trinajstić information content (AvgIpc) is 3.02. The van der Waals surface area contributed by atoms with Crippen molar-refractivity contribution in [3.8, 4) is 0 Å². The molecule has 0 bridgehead atoms. The topological polar surface area (TPSA) is 78.0 Å². The Bertz CT molecular complexity index is 479. The highest BCUT2D eigenvalue weighted by atomic mass is 16.5. The monoisotopic (exact) mass is 251 g/mol. The van der Waals surface area contributed by atoms with Gasteiger partial charge in [0.15, 0.2) is 0 Å². The first-order valence-electron chi connectivity index (χ1n) is 5.87. The Labute approximate surface area is 105 Å². The quantitative estimate of drug-likeness (QED) is 0.793. The van der Waals surface area contributed by atoms with Crippen LogP contribution in [0, 0.1) is 0 Å². The first kappa shape index (κ1) is 12.6. The molecule has 98 valence electrons. The Hall–Kier alpha value is -1.89. The van der Waals surface area contributed by atoms with Crippen molar-refractivity contribution >= 4 is 6.01 Å². The van der Waals surface area contributed by atoms with Crippen LogP contribution in [0.4, 0.5) is 6.01 Å². The number of aromatic nitrogens is 4.